The van der Waals surface area contributed by atoms with Gasteiger partial charge in [-0.25, -0.2) is 9.37 Å². The van der Waals surface area contributed by atoms with Gasteiger partial charge in [-0.2, -0.15) is 0 Å². The number of nitrogens with two attached hydrogens (primary N) is 1. The van der Waals surface area contributed by atoms with Crippen molar-refractivity contribution in [3.8, 4) is 11.4 Å². The van der Waals surface area contributed by atoms with Crippen LogP contribution >= 0.6 is 15.9 Å². The van der Waals surface area contributed by atoms with Gasteiger partial charge in [-0.05, 0) is 35.9 Å². The minimum Gasteiger partial charge on any atom is -0.327 e. The van der Waals surface area contributed by atoms with Gasteiger partial charge in [0.15, 0.2) is 0 Å². The van der Waals surface area contributed by atoms with Gasteiger partial charge in [0, 0.05) is 18.1 Å². The number of aryl methyl sites for hydroxylation is 1. The van der Waals surface area contributed by atoms with Gasteiger partial charge in [0.05, 0.1) is 16.6 Å². The minimum atomic E-state index is -0.295. The molecule has 0 aliphatic rings. The number of hydrogen-bond donors (Lipinski definition) is 1. The number of rotatable bonds is 2. The largest absolute Gasteiger partial charge is 0.327 e. The molecule has 0 unspecified atom stereocenters. The van der Waals surface area contributed by atoms with Crippen molar-refractivity contribution in [1.29, 1.82) is 0 Å². The predicted octanol–water partition coefficient (Wildman–Crippen LogP) is 3.60. The van der Waals surface area contributed by atoms with Crippen LogP contribution in [0.25, 0.3) is 22.4 Å². The fourth-order valence-corrected chi connectivity index (χ4v) is 2.62. The van der Waals surface area contributed by atoms with E-state index >= 15 is 0 Å². The van der Waals surface area contributed by atoms with E-state index in [9.17, 15) is 4.39 Å². The Kier molecular flexibility index (Phi) is 3.31. The molecular formula is C15H13BrFN3. The molecule has 3 nitrogen and oxygen atoms in total. The molecule has 2 aromatic carbocycles. The first kappa shape index (κ1) is 13.3. The van der Waals surface area contributed by atoms with Crippen LogP contribution in [0.5, 0.6) is 0 Å². The molecule has 5 heteroatoms. The second-order valence-electron chi connectivity index (χ2n) is 4.65. The van der Waals surface area contributed by atoms with Crippen LogP contribution < -0.4 is 5.73 Å². The number of imidazole rings is 1. The van der Waals surface area contributed by atoms with Gasteiger partial charge in [-0.15, -0.1) is 0 Å². The Bertz CT molecular complexity index is 795. The first-order valence-electron chi connectivity index (χ1n) is 6.21. The molecule has 0 fully saturated rings. The first-order valence-corrected chi connectivity index (χ1v) is 7.00. The molecule has 3 aromatic rings. The lowest BCUT2D eigenvalue weighted by Crippen LogP contribution is -1.96. The fraction of sp³-hybridized carbons (Fsp3) is 0.133. The van der Waals surface area contributed by atoms with E-state index in [-0.39, 0.29) is 5.82 Å². The number of fused-ring (bicyclic) bond motifs is 1. The second-order valence-corrected chi connectivity index (χ2v) is 5.56. The van der Waals surface area contributed by atoms with Crippen LogP contribution in [-0.4, -0.2) is 9.55 Å². The maximum absolute atomic E-state index is 14.1. The van der Waals surface area contributed by atoms with Crippen LogP contribution in [-0.2, 0) is 13.6 Å². The summed E-state index contributed by atoms with van der Waals surface area (Å²) in [6, 6.07) is 10.8. The molecule has 0 saturated carbocycles. The first-order chi connectivity index (χ1) is 9.60. The van der Waals surface area contributed by atoms with E-state index < -0.39 is 0 Å². The standard InChI is InChI=1S/C15H13BrFN3/c1-20-14-5-2-9(8-18)6-13(14)19-15(20)11-4-3-10(16)7-12(11)17/h2-7H,8,18H2,1H3. The highest BCUT2D eigenvalue weighted by Crippen LogP contribution is 2.28. The molecule has 0 spiro atoms. The van der Waals surface area contributed by atoms with E-state index in [0.29, 0.717) is 22.4 Å². The van der Waals surface area contributed by atoms with E-state index in [1.165, 1.54) is 6.07 Å². The SMILES string of the molecule is Cn1c(-c2ccc(Br)cc2F)nc2cc(CN)ccc21. The topological polar surface area (TPSA) is 43.8 Å². The Balaban J connectivity index is 2.23. The number of halogens is 2. The summed E-state index contributed by atoms with van der Waals surface area (Å²) < 4.78 is 16.7. The monoisotopic (exact) mass is 333 g/mol. The zero-order chi connectivity index (χ0) is 14.3. The Morgan fingerprint density at radius 1 is 1.25 bits per heavy atom. The highest BCUT2D eigenvalue weighted by molar-refractivity contribution is 9.10. The maximum Gasteiger partial charge on any atom is 0.143 e. The fourth-order valence-electron chi connectivity index (χ4n) is 2.28. The summed E-state index contributed by atoms with van der Waals surface area (Å²) in [6.07, 6.45) is 0. The second kappa shape index (κ2) is 5.00. The molecule has 3 rings (SSSR count). The van der Waals surface area contributed by atoms with Gasteiger partial charge < -0.3 is 10.3 Å². The molecule has 20 heavy (non-hydrogen) atoms. The molecular weight excluding hydrogens is 321 g/mol. The van der Waals surface area contributed by atoms with Crippen LogP contribution in [0.3, 0.4) is 0 Å². The van der Waals surface area contributed by atoms with Crippen LogP contribution in [0.4, 0.5) is 4.39 Å². The highest BCUT2D eigenvalue weighted by Gasteiger charge is 2.14. The molecule has 2 N–H and O–H groups in total. The summed E-state index contributed by atoms with van der Waals surface area (Å²) in [6.45, 7) is 0.467. The van der Waals surface area contributed by atoms with Gasteiger partial charge in [-0.3, -0.25) is 0 Å². The summed E-state index contributed by atoms with van der Waals surface area (Å²) in [7, 11) is 1.88. The lowest BCUT2D eigenvalue weighted by Gasteiger charge is -2.04. The van der Waals surface area contributed by atoms with Crippen molar-refractivity contribution < 1.29 is 4.39 Å². The molecule has 0 saturated heterocycles. The molecule has 0 aliphatic carbocycles. The Hall–Kier alpha value is -1.72. The van der Waals surface area contributed by atoms with Gasteiger partial charge in [-0.1, -0.05) is 22.0 Å². The molecule has 0 aliphatic heterocycles. The van der Waals surface area contributed by atoms with Gasteiger partial charge in [0.1, 0.15) is 11.6 Å². The zero-order valence-electron chi connectivity index (χ0n) is 10.9. The lowest BCUT2D eigenvalue weighted by molar-refractivity contribution is 0.628. The average molecular weight is 334 g/mol. The Morgan fingerprint density at radius 3 is 2.75 bits per heavy atom. The maximum atomic E-state index is 14.1. The van der Waals surface area contributed by atoms with Crippen LogP contribution in [0.1, 0.15) is 5.56 Å². The third kappa shape index (κ3) is 2.13. The molecule has 0 atom stereocenters. The smallest absolute Gasteiger partial charge is 0.143 e. The summed E-state index contributed by atoms with van der Waals surface area (Å²) in [5.74, 6) is 0.316. The molecule has 1 aromatic heterocycles. The van der Waals surface area contributed by atoms with Crippen molar-refractivity contribution in [2.45, 2.75) is 6.54 Å². The minimum absolute atomic E-state index is 0.295. The Labute approximate surface area is 124 Å². The quantitative estimate of drug-likeness (QED) is 0.778. The number of hydrogen-bond acceptors (Lipinski definition) is 2. The summed E-state index contributed by atoms with van der Waals surface area (Å²) in [5, 5.41) is 0. The third-order valence-electron chi connectivity index (χ3n) is 3.35. The van der Waals surface area contributed by atoms with Crippen molar-refractivity contribution in [2.24, 2.45) is 12.8 Å². The zero-order valence-corrected chi connectivity index (χ0v) is 12.5. The lowest BCUT2D eigenvalue weighted by atomic mass is 10.2. The van der Waals surface area contributed by atoms with E-state index in [1.807, 2.05) is 35.9 Å². The van der Waals surface area contributed by atoms with E-state index in [0.717, 1.165) is 16.6 Å². The summed E-state index contributed by atoms with van der Waals surface area (Å²) >= 11 is 3.26. The van der Waals surface area contributed by atoms with Gasteiger partial charge in [0.25, 0.3) is 0 Å². The van der Waals surface area contributed by atoms with Crippen molar-refractivity contribution >= 4 is 27.0 Å². The predicted molar refractivity (Wildman–Crippen MR) is 81.7 cm³/mol. The highest BCUT2D eigenvalue weighted by atomic mass is 79.9. The molecule has 102 valence electrons. The molecule has 1 heterocycles. The van der Waals surface area contributed by atoms with Crippen LogP contribution in [0.15, 0.2) is 40.9 Å². The summed E-state index contributed by atoms with van der Waals surface area (Å²) in [4.78, 5) is 4.53. The van der Waals surface area contributed by atoms with E-state index in [2.05, 4.69) is 20.9 Å². The molecule has 0 radical (unpaired) electrons. The van der Waals surface area contributed by atoms with Crippen molar-refractivity contribution in [3.63, 3.8) is 0 Å². The molecule has 0 bridgehead atoms. The summed E-state index contributed by atoms with van der Waals surface area (Å²) in [5.41, 5.74) is 8.92. The normalized spacial score (nSPS) is 11.2. The van der Waals surface area contributed by atoms with Crippen LogP contribution in [0.2, 0.25) is 0 Å². The van der Waals surface area contributed by atoms with Gasteiger partial charge in [0.2, 0.25) is 0 Å². The number of benzene rings is 2. The Morgan fingerprint density at radius 2 is 2.05 bits per heavy atom. The van der Waals surface area contributed by atoms with Crippen molar-refractivity contribution in [2.75, 3.05) is 0 Å². The van der Waals surface area contributed by atoms with Crippen LogP contribution in [0, 0.1) is 5.82 Å². The third-order valence-corrected chi connectivity index (χ3v) is 3.85. The average Bonchev–Trinajstić information content (AvgIpc) is 2.75. The van der Waals surface area contributed by atoms with E-state index in [1.54, 1.807) is 6.07 Å². The van der Waals surface area contributed by atoms with E-state index in [4.69, 9.17) is 5.73 Å². The van der Waals surface area contributed by atoms with Gasteiger partial charge >= 0.3 is 0 Å². The number of aromatic nitrogens is 2. The number of nitrogens with zero attached hydrogens (tertiary/aromatic N) is 2. The van der Waals surface area contributed by atoms with Crippen molar-refractivity contribution in [1.82, 2.24) is 9.55 Å². The molecule has 0 amide bonds. The van der Waals surface area contributed by atoms with Crippen molar-refractivity contribution in [3.05, 3.63) is 52.3 Å².